The summed E-state index contributed by atoms with van der Waals surface area (Å²) in [6, 6.07) is 16.2. The lowest BCUT2D eigenvalue weighted by molar-refractivity contribution is -0.130. The number of amides is 1. The van der Waals surface area contributed by atoms with Crippen molar-refractivity contribution in [1.82, 2.24) is 4.90 Å². The van der Waals surface area contributed by atoms with Crippen molar-refractivity contribution in [3.8, 4) is 5.75 Å². The molecule has 5 nitrogen and oxygen atoms in total. The zero-order valence-corrected chi connectivity index (χ0v) is 17.3. The Morgan fingerprint density at radius 1 is 1.07 bits per heavy atom. The highest BCUT2D eigenvalue weighted by molar-refractivity contribution is 6.10. The van der Waals surface area contributed by atoms with Gasteiger partial charge < -0.3 is 14.7 Å². The number of aliphatic hydroxyl groups is 1. The predicted molar refractivity (Wildman–Crippen MR) is 111 cm³/mol. The molecule has 0 spiro atoms. The molecule has 1 atom stereocenters. The van der Waals surface area contributed by atoms with Crippen molar-refractivity contribution < 1.29 is 19.4 Å². The van der Waals surface area contributed by atoms with Crippen LogP contribution in [0.3, 0.4) is 0 Å². The average Bonchev–Trinajstić information content (AvgIpc) is 2.94. The fourth-order valence-electron chi connectivity index (χ4n) is 3.49. The van der Waals surface area contributed by atoms with Crippen molar-refractivity contribution in [1.29, 1.82) is 0 Å². The van der Waals surface area contributed by atoms with Crippen molar-refractivity contribution in [2.24, 2.45) is 5.41 Å². The molecule has 0 aliphatic carbocycles. The van der Waals surface area contributed by atoms with Gasteiger partial charge in [-0.3, -0.25) is 9.59 Å². The van der Waals surface area contributed by atoms with Crippen LogP contribution in [0.5, 0.6) is 5.75 Å². The number of aliphatic hydroxyl groups excluding tert-OH is 1. The average molecular weight is 393 g/mol. The molecule has 2 aromatic carbocycles. The Labute approximate surface area is 171 Å². The molecular formula is C24H27NO4. The smallest absolute Gasteiger partial charge is 0.290 e. The van der Waals surface area contributed by atoms with Gasteiger partial charge in [-0.25, -0.2) is 0 Å². The van der Waals surface area contributed by atoms with Crippen LogP contribution in [0.4, 0.5) is 0 Å². The summed E-state index contributed by atoms with van der Waals surface area (Å²) in [5.74, 6) is -0.454. The summed E-state index contributed by atoms with van der Waals surface area (Å²) in [6.07, 6.45) is 0. The number of Topliss-reactive ketones (excluding diaryl/α,β-unsaturated/α-hetero) is 1. The Bertz CT molecular complexity index is 924. The molecule has 2 aromatic rings. The molecule has 5 heteroatoms. The van der Waals surface area contributed by atoms with Gasteiger partial charge in [0.15, 0.2) is 11.5 Å². The zero-order chi connectivity index (χ0) is 21.2. The largest absolute Gasteiger partial charge is 0.503 e. The molecule has 0 aromatic heterocycles. The molecule has 29 heavy (non-hydrogen) atoms. The van der Waals surface area contributed by atoms with Crippen LogP contribution in [-0.2, 0) is 16.1 Å². The number of benzene rings is 2. The number of nitrogens with zero attached hydrogens (tertiary/aromatic N) is 1. The van der Waals surface area contributed by atoms with Crippen LogP contribution in [0, 0.1) is 5.41 Å². The van der Waals surface area contributed by atoms with E-state index in [2.05, 4.69) is 0 Å². The third kappa shape index (κ3) is 4.19. The maximum atomic E-state index is 13.1. The van der Waals surface area contributed by atoms with Crippen molar-refractivity contribution >= 4 is 11.7 Å². The highest BCUT2D eigenvalue weighted by Gasteiger charge is 2.45. The maximum absolute atomic E-state index is 13.1. The van der Waals surface area contributed by atoms with Gasteiger partial charge in [0.2, 0.25) is 0 Å². The van der Waals surface area contributed by atoms with Crippen molar-refractivity contribution in [2.45, 2.75) is 40.3 Å². The van der Waals surface area contributed by atoms with E-state index >= 15 is 0 Å². The SMILES string of the molecule is CCOc1ccc(CN2C(=O)C(O)=C(C(=O)C(C)(C)C)C2c2ccccc2)cc1. The summed E-state index contributed by atoms with van der Waals surface area (Å²) < 4.78 is 5.47. The Kier molecular flexibility index (Phi) is 5.78. The molecule has 3 rings (SSSR count). The molecule has 0 saturated carbocycles. The molecule has 152 valence electrons. The Morgan fingerprint density at radius 3 is 2.24 bits per heavy atom. The van der Waals surface area contributed by atoms with Gasteiger partial charge >= 0.3 is 0 Å². The number of carbonyl (C=O) groups is 2. The van der Waals surface area contributed by atoms with Gasteiger partial charge in [0.05, 0.1) is 18.2 Å². The molecule has 0 bridgehead atoms. The van der Waals surface area contributed by atoms with E-state index in [9.17, 15) is 14.7 Å². The number of hydrogen-bond acceptors (Lipinski definition) is 4. The van der Waals surface area contributed by atoms with Gasteiger partial charge in [-0.1, -0.05) is 63.2 Å². The third-order valence-corrected chi connectivity index (χ3v) is 4.93. The van der Waals surface area contributed by atoms with Crippen LogP contribution in [0.15, 0.2) is 65.9 Å². The van der Waals surface area contributed by atoms with E-state index in [-0.39, 0.29) is 17.9 Å². The lowest BCUT2D eigenvalue weighted by Crippen LogP contribution is -2.32. The minimum Gasteiger partial charge on any atom is -0.503 e. The van der Waals surface area contributed by atoms with Crippen molar-refractivity contribution in [2.75, 3.05) is 6.61 Å². The number of carbonyl (C=O) groups excluding carboxylic acids is 2. The van der Waals surface area contributed by atoms with Crippen LogP contribution in [0.25, 0.3) is 0 Å². The third-order valence-electron chi connectivity index (χ3n) is 4.93. The van der Waals surface area contributed by atoms with Crippen LogP contribution in [0.2, 0.25) is 0 Å². The maximum Gasteiger partial charge on any atom is 0.290 e. The molecule has 1 heterocycles. The highest BCUT2D eigenvalue weighted by Crippen LogP contribution is 2.41. The molecule has 1 amide bonds. The minimum absolute atomic E-state index is 0.166. The zero-order valence-electron chi connectivity index (χ0n) is 17.3. The normalized spacial score (nSPS) is 17.0. The summed E-state index contributed by atoms with van der Waals surface area (Å²) in [5.41, 5.74) is 1.13. The lowest BCUT2D eigenvalue weighted by atomic mass is 9.82. The van der Waals surface area contributed by atoms with E-state index in [1.807, 2.05) is 61.5 Å². The minimum atomic E-state index is -0.716. The fourth-order valence-corrected chi connectivity index (χ4v) is 3.49. The van der Waals surface area contributed by atoms with Gasteiger partial charge in [0.1, 0.15) is 5.75 Å². The molecule has 1 N–H and O–H groups in total. The van der Waals surface area contributed by atoms with E-state index in [0.29, 0.717) is 6.61 Å². The summed E-state index contributed by atoms with van der Waals surface area (Å²) in [4.78, 5) is 27.6. The number of rotatable bonds is 6. The second-order valence-corrected chi connectivity index (χ2v) is 8.16. The van der Waals surface area contributed by atoms with Gasteiger partial charge in [0.25, 0.3) is 5.91 Å². The number of ether oxygens (including phenoxy) is 1. The van der Waals surface area contributed by atoms with E-state index in [1.54, 1.807) is 25.7 Å². The topological polar surface area (TPSA) is 66.8 Å². The molecule has 1 aliphatic heterocycles. The van der Waals surface area contributed by atoms with Gasteiger partial charge in [-0.2, -0.15) is 0 Å². The van der Waals surface area contributed by atoms with Crippen LogP contribution in [0.1, 0.15) is 44.9 Å². The monoisotopic (exact) mass is 393 g/mol. The molecule has 0 saturated heterocycles. The second kappa shape index (κ2) is 8.11. The molecular weight excluding hydrogens is 366 g/mol. The van der Waals surface area contributed by atoms with E-state index < -0.39 is 23.1 Å². The Balaban J connectivity index is 2.00. The van der Waals surface area contributed by atoms with E-state index in [0.717, 1.165) is 16.9 Å². The van der Waals surface area contributed by atoms with E-state index in [4.69, 9.17) is 4.74 Å². The van der Waals surface area contributed by atoms with Crippen LogP contribution in [-0.4, -0.2) is 28.3 Å². The first-order valence-corrected chi connectivity index (χ1v) is 9.79. The molecule has 1 unspecified atom stereocenters. The number of ketones is 1. The first-order chi connectivity index (χ1) is 13.7. The Hall–Kier alpha value is -3.08. The van der Waals surface area contributed by atoms with Crippen LogP contribution < -0.4 is 4.74 Å². The van der Waals surface area contributed by atoms with Crippen LogP contribution >= 0.6 is 0 Å². The standard InChI is InChI=1S/C24H27NO4/c1-5-29-18-13-11-16(12-14-18)15-25-20(17-9-7-6-8-10-17)19(21(26)23(25)28)22(27)24(2,3)4/h6-14,20,26H,5,15H2,1-4H3. The second-order valence-electron chi connectivity index (χ2n) is 8.16. The first-order valence-electron chi connectivity index (χ1n) is 9.79. The highest BCUT2D eigenvalue weighted by atomic mass is 16.5. The quantitative estimate of drug-likeness (QED) is 0.779. The van der Waals surface area contributed by atoms with Gasteiger partial charge in [-0.05, 0) is 30.2 Å². The first kappa shape index (κ1) is 20.6. The fraction of sp³-hybridized carbons (Fsp3) is 0.333. The number of hydrogen-bond donors (Lipinski definition) is 1. The Morgan fingerprint density at radius 2 is 1.69 bits per heavy atom. The predicted octanol–water partition coefficient (Wildman–Crippen LogP) is 4.60. The lowest BCUT2D eigenvalue weighted by Gasteiger charge is -2.29. The summed E-state index contributed by atoms with van der Waals surface area (Å²) >= 11 is 0. The van der Waals surface area contributed by atoms with Crippen molar-refractivity contribution in [3.63, 3.8) is 0 Å². The van der Waals surface area contributed by atoms with Crippen molar-refractivity contribution in [3.05, 3.63) is 77.1 Å². The molecule has 0 radical (unpaired) electrons. The van der Waals surface area contributed by atoms with Gasteiger partial charge in [-0.15, -0.1) is 0 Å². The summed E-state index contributed by atoms with van der Waals surface area (Å²) in [6.45, 7) is 8.14. The summed E-state index contributed by atoms with van der Waals surface area (Å²) in [7, 11) is 0. The molecule has 0 fully saturated rings. The van der Waals surface area contributed by atoms with Gasteiger partial charge in [0, 0.05) is 12.0 Å². The summed E-state index contributed by atoms with van der Waals surface area (Å²) in [5, 5.41) is 10.6. The molecule has 1 aliphatic rings. The van der Waals surface area contributed by atoms with E-state index in [1.165, 1.54) is 0 Å².